The fourth-order valence-electron chi connectivity index (χ4n) is 1.52. The fraction of sp³-hybridized carbons (Fsp3) is 0.143. The van der Waals surface area contributed by atoms with E-state index in [1.807, 2.05) is 49.4 Å². The average molecular weight is 312 g/mol. The molecule has 0 spiro atoms. The van der Waals surface area contributed by atoms with Gasteiger partial charge in [-0.25, -0.2) is 0 Å². The molecule has 0 fully saturated rings. The summed E-state index contributed by atoms with van der Waals surface area (Å²) >= 11 is 9.55. The molecule has 0 amide bonds. The van der Waals surface area contributed by atoms with E-state index in [1.54, 1.807) is 0 Å². The first-order valence-corrected chi connectivity index (χ1v) is 6.78. The van der Waals surface area contributed by atoms with Crippen LogP contribution in [0.15, 0.2) is 42.5 Å². The zero-order chi connectivity index (χ0) is 12.3. The highest BCUT2D eigenvalue weighted by atomic mass is 79.9. The summed E-state index contributed by atoms with van der Waals surface area (Å²) in [7, 11) is 0. The van der Waals surface area contributed by atoms with Crippen LogP contribution < -0.4 is 4.74 Å². The number of hydrogen-bond donors (Lipinski definition) is 0. The first-order valence-electron chi connectivity index (χ1n) is 5.28. The van der Waals surface area contributed by atoms with E-state index in [0.29, 0.717) is 10.8 Å². The molecule has 2 rings (SSSR count). The van der Waals surface area contributed by atoms with Crippen LogP contribution in [-0.2, 0) is 5.33 Å². The number of benzene rings is 2. The molecule has 2 aromatic carbocycles. The van der Waals surface area contributed by atoms with Gasteiger partial charge >= 0.3 is 0 Å². The van der Waals surface area contributed by atoms with Gasteiger partial charge in [-0.3, -0.25) is 0 Å². The molecule has 17 heavy (non-hydrogen) atoms. The number of para-hydroxylation sites is 1. The molecule has 0 aliphatic carbocycles. The number of rotatable bonds is 3. The van der Waals surface area contributed by atoms with Gasteiger partial charge in [-0.2, -0.15) is 0 Å². The molecule has 0 saturated heterocycles. The third-order valence-electron chi connectivity index (χ3n) is 2.42. The Balaban J connectivity index is 2.34. The van der Waals surface area contributed by atoms with Crippen molar-refractivity contribution in [1.82, 2.24) is 0 Å². The molecule has 0 radical (unpaired) electrons. The van der Waals surface area contributed by atoms with Gasteiger partial charge in [0.1, 0.15) is 11.5 Å². The van der Waals surface area contributed by atoms with Crippen molar-refractivity contribution in [1.29, 1.82) is 0 Å². The molecule has 0 aliphatic heterocycles. The van der Waals surface area contributed by atoms with Crippen LogP contribution in [0.3, 0.4) is 0 Å². The largest absolute Gasteiger partial charge is 0.455 e. The third-order valence-corrected chi connectivity index (χ3v) is 3.34. The summed E-state index contributed by atoms with van der Waals surface area (Å²) in [6.07, 6.45) is 0. The Morgan fingerprint density at radius 3 is 2.65 bits per heavy atom. The number of halogens is 2. The third kappa shape index (κ3) is 3.02. The Hall–Kier alpha value is -0.990. The van der Waals surface area contributed by atoms with Crippen LogP contribution in [0, 0.1) is 6.92 Å². The van der Waals surface area contributed by atoms with Crippen LogP contribution >= 0.6 is 27.5 Å². The normalized spacial score (nSPS) is 10.3. The first kappa shape index (κ1) is 12.5. The fourth-order valence-corrected chi connectivity index (χ4v) is 2.14. The highest BCUT2D eigenvalue weighted by Crippen LogP contribution is 2.32. The second-order valence-electron chi connectivity index (χ2n) is 3.78. The maximum absolute atomic E-state index is 6.10. The number of alkyl halides is 1. The van der Waals surface area contributed by atoms with Gasteiger partial charge < -0.3 is 4.74 Å². The summed E-state index contributed by atoms with van der Waals surface area (Å²) in [5.41, 5.74) is 2.23. The van der Waals surface area contributed by atoms with E-state index in [1.165, 1.54) is 0 Å². The molecule has 0 aromatic heterocycles. The lowest BCUT2D eigenvalue weighted by atomic mass is 10.2. The SMILES string of the molecule is Cc1ccc(Cl)c(Oc2ccccc2CBr)c1. The van der Waals surface area contributed by atoms with Crippen molar-refractivity contribution >= 4 is 27.5 Å². The van der Waals surface area contributed by atoms with Gasteiger partial charge in [0.15, 0.2) is 0 Å². The Morgan fingerprint density at radius 2 is 1.88 bits per heavy atom. The van der Waals surface area contributed by atoms with Crippen molar-refractivity contribution in [3.8, 4) is 11.5 Å². The standard InChI is InChI=1S/C14H12BrClO/c1-10-6-7-12(16)14(8-10)17-13-5-3-2-4-11(13)9-15/h2-8H,9H2,1H3. The summed E-state index contributed by atoms with van der Waals surface area (Å²) in [4.78, 5) is 0. The Bertz CT molecular complexity index is 525. The summed E-state index contributed by atoms with van der Waals surface area (Å²) in [6, 6.07) is 13.7. The van der Waals surface area contributed by atoms with Crippen molar-refractivity contribution in [2.45, 2.75) is 12.3 Å². The lowest BCUT2D eigenvalue weighted by molar-refractivity contribution is 0.478. The highest BCUT2D eigenvalue weighted by Gasteiger charge is 2.06. The quantitative estimate of drug-likeness (QED) is 0.696. The second kappa shape index (κ2) is 5.56. The van der Waals surface area contributed by atoms with Crippen molar-refractivity contribution in [3.63, 3.8) is 0 Å². The van der Waals surface area contributed by atoms with Crippen LogP contribution in [-0.4, -0.2) is 0 Å². The smallest absolute Gasteiger partial charge is 0.146 e. The van der Waals surface area contributed by atoms with Gasteiger partial charge in [0, 0.05) is 10.9 Å². The zero-order valence-corrected chi connectivity index (χ0v) is 11.8. The first-order chi connectivity index (χ1) is 8.20. The minimum absolute atomic E-state index is 0.625. The Kier molecular flexibility index (Phi) is 4.08. The number of ether oxygens (including phenoxy) is 1. The molecule has 0 bridgehead atoms. The van der Waals surface area contributed by atoms with Crippen molar-refractivity contribution in [2.24, 2.45) is 0 Å². The predicted octanol–water partition coefficient (Wildman–Crippen LogP) is 5.34. The Morgan fingerprint density at radius 1 is 1.12 bits per heavy atom. The van der Waals surface area contributed by atoms with Crippen molar-refractivity contribution in [2.75, 3.05) is 0 Å². The number of aryl methyl sites for hydroxylation is 1. The lowest BCUT2D eigenvalue weighted by Crippen LogP contribution is -1.90. The molecule has 0 N–H and O–H groups in total. The van der Waals surface area contributed by atoms with E-state index in [4.69, 9.17) is 16.3 Å². The Labute approximate surface area is 115 Å². The topological polar surface area (TPSA) is 9.23 Å². The number of hydrogen-bond acceptors (Lipinski definition) is 1. The van der Waals surface area contributed by atoms with Crippen molar-refractivity contribution < 1.29 is 4.74 Å². The molecule has 3 heteroatoms. The van der Waals surface area contributed by atoms with Gasteiger partial charge in [-0.15, -0.1) is 0 Å². The van der Waals surface area contributed by atoms with E-state index >= 15 is 0 Å². The molecule has 0 unspecified atom stereocenters. The molecule has 2 aromatic rings. The van der Waals surface area contributed by atoms with Gasteiger partial charge in [-0.05, 0) is 30.7 Å². The molecule has 0 atom stereocenters. The van der Waals surface area contributed by atoms with Crippen LogP contribution in [0.1, 0.15) is 11.1 Å². The van der Waals surface area contributed by atoms with Gasteiger partial charge in [0.2, 0.25) is 0 Å². The second-order valence-corrected chi connectivity index (χ2v) is 4.75. The molecule has 1 nitrogen and oxygen atoms in total. The maximum atomic E-state index is 6.10. The van der Waals surface area contributed by atoms with E-state index in [0.717, 1.165) is 22.2 Å². The van der Waals surface area contributed by atoms with Crippen molar-refractivity contribution in [3.05, 3.63) is 58.6 Å². The zero-order valence-electron chi connectivity index (χ0n) is 9.41. The maximum Gasteiger partial charge on any atom is 0.146 e. The predicted molar refractivity (Wildman–Crippen MR) is 75.3 cm³/mol. The molecule has 0 saturated carbocycles. The molecule has 88 valence electrons. The molecule has 0 aliphatic rings. The van der Waals surface area contributed by atoms with E-state index < -0.39 is 0 Å². The summed E-state index contributed by atoms with van der Waals surface area (Å²) in [5.74, 6) is 1.52. The van der Waals surface area contributed by atoms with E-state index in [2.05, 4.69) is 15.9 Å². The summed E-state index contributed by atoms with van der Waals surface area (Å²) < 4.78 is 5.85. The van der Waals surface area contributed by atoms with E-state index in [9.17, 15) is 0 Å². The summed E-state index contributed by atoms with van der Waals surface area (Å²) in [6.45, 7) is 2.01. The van der Waals surface area contributed by atoms with E-state index in [-0.39, 0.29) is 0 Å². The van der Waals surface area contributed by atoms with Gasteiger partial charge in [0.25, 0.3) is 0 Å². The monoisotopic (exact) mass is 310 g/mol. The minimum Gasteiger partial charge on any atom is -0.455 e. The van der Waals surface area contributed by atoms with Crippen LogP contribution in [0.25, 0.3) is 0 Å². The molecular formula is C14H12BrClO. The average Bonchev–Trinajstić information content (AvgIpc) is 2.34. The highest BCUT2D eigenvalue weighted by molar-refractivity contribution is 9.08. The van der Waals surface area contributed by atoms with Crippen LogP contribution in [0.5, 0.6) is 11.5 Å². The molecular weight excluding hydrogens is 300 g/mol. The van der Waals surface area contributed by atoms with Crippen LogP contribution in [0.4, 0.5) is 0 Å². The minimum atomic E-state index is 0.625. The lowest BCUT2D eigenvalue weighted by Gasteiger charge is -2.11. The molecule has 0 heterocycles. The van der Waals surface area contributed by atoms with Gasteiger partial charge in [0.05, 0.1) is 5.02 Å². The van der Waals surface area contributed by atoms with Gasteiger partial charge in [-0.1, -0.05) is 51.8 Å². The summed E-state index contributed by atoms with van der Waals surface area (Å²) in [5, 5.41) is 1.38. The van der Waals surface area contributed by atoms with Crippen LogP contribution in [0.2, 0.25) is 5.02 Å².